The number of pyridine rings is 1. The number of hydrogen-bond acceptors (Lipinski definition) is 3. The van der Waals surface area contributed by atoms with Crippen LogP contribution in [-0.2, 0) is 4.74 Å². The highest BCUT2D eigenvalue weighted by Crippen LogP contribution is 2.32. The summed E-state index contributed by atoms with van der Waals surface area (Å²) in [5.41, 5.74) is 0.477. The summed E-state index contributed by atoms with van der Waals surface area (Å²) in [5, 5.41) is 0. The summed E-state index contributed by atoms with van der Waals surface area (Å²) in [6.45, 7) is 5.72. The van der Waals surface area contributed by atoms with Gasteiger partial charge in [-0.3, -0.25) is 9.88 Å². The molecular formula is C15H21FN2O2. The van der Waals surface area contributed by atoms with Gasteiger partial charge in [-0.15, -0.1) is 0 Å². The van der Waals surface area contributed by atoms with Gasteiger partial charge in [-0.2, -0.15) is 0 Å². The molecule has 20 heavy (non-hydrogen) atoms. The second-order valence-corrected chi connectivity index (χ2v) is 6.11. The lowest BCUT2D eigenvalue weighted by Crippen LogP contribution is -2.45. The van der Waals surface area contributed by atoms with Gasteiger partial charge in [0.05, 0.1) is 0 Å². The quantitative estimate of drug-likeness (QED) is 0.739. The molecule has 1 aromatic heterocycles. The van der Waals surface area contributed by atoms with Crippen LogP contribution in [-0.4, -0.2) is 34.4 Å². The maximum atomic E-state index is 14.2. The topological polar surface area (TPSA) is 42.4 Å². The molecule has 2 unspecified atom stereocenters. The molecule has 0 aliphatic carbocycles. The summed E-state index contributed by atoms with van der Waals surface area (Å²) >= 11 is 0. The number of amides is 1. The standard InChI is InChI=1S/C15H21FN2O2/c1-15(2,3)20-14(19)18-9-6-12(10-13(18)16)11-4-7-17-8-5-11/h4-5,7-8,12-13H,6,9-10H2,1-3H3. The first kappa shape index (κ1) is 14.8. The van der Waals surface area contributed by atoms with E-state index in [2.05, 4.69) is 4.98 Å². The number of piperidine rings is 1. The molecule has 1 fully saturated rings. The Kier molecular flexibility index (Phi) is 4.26. The van der Waals surface area contributed by atoms with E-state index in [1.54, 1.807) is 33.2 Å². The maximum Gasteiger partial charge on any atom is 0.412 e. The van der Waals surface area contributed by atoms with Gasteiger partial charge >= 0.3 is 6.09 Å². The first-order valence-corrected chi connectivity index (χ1v) is 6.90. The maximum absolute atomic E-state index is 14.2. The summed E-state index contributed by atoms with van der Waals surface area (Å²) in [6, 6.07) is 3.81. The van der Waals surface area contributed by atoms with Crippen LogP contribution in [0.2, 0.25) is 0 Å². The third kappa shape index (κ3) is 3.68. The van der Waals surface area contributed by atoms with E-state index < -0.39 is 18.0 Å². The smallest absolute Gasteiger partial charge is 0.412 e. The fourth-order valence-corrected chi connectivity index (χ4v) is 2.38. The second-order valence-electron chi connectivity index (χ2n) is 6.11. The van der Waals surface area contributed by atoms with Crippen LogP contribution in [0.3, 0.4) is 0 Å². The van der Waals surface area contributed by atoms with Crippen molar-refractivity contribution in [3.63, 3.8) is 0 Å². The van der Waals surface area contributed by atoms with Crippen molar-refractivity contribution in [2.75, 3.05) is 6.54 Å². The van der Waals surface area contributed by atoms with E-state index in [-0.39, 0.29) is 5.92 Å². The van der Waals surface area contributed by atoms with Gasteiger partial charge in [-0.25, -0.2) is 9.18 Å². The van der Waals surface area contributed by atoms with Crippen molar-refractivity contribution < 1.29 is 13.9 Å². The van der Waals surface area contributed by atoms with Gasteiger partial charge in [0, 0.05) is 25.4 Å². The third-order valence-electron chi connectivity index (χ3n) is 3.34. The molecule has 4 nitrogen and oxygen atoms in total. The van der Waals surface area contributed by atoms with Crippen molar-refractivity contribution >= 4 is 6.09 Å². The molecule has 110 valence electrons. The number of aromatic nitrogens is 1. The van der Waals surface area contributed by atoms with Crippen LogP contribution >= 0.6 is 0 Å². The zero-order chi connectivity index (χ0) is 14.8. The minimum Gasteiger partial charge on any atom is -0.444 e. The molecule has 0 saturated carbocycles. The Morgan fingerprint density at radius 2 is 2.05 bits per heavy atom. The van der Waals surface area contributed by atoms with Crippen molar-refractivity contribution in [3.05, 3.63) is 30.1 Å². The number of halogens is 1. The van der Waals surface area contributed by atoms with Crippen LogP contribution < -0.4 is 0 Å². The Hall–Kier alpha value is -1.65. The minimum absolute atomic E-state index is 0.131. The lowest BCUT2D eigenvalue weighted by Gasteiger charge is -2.36. The predicted molar refractivity (Wildman–Crippen MR) is 74.0 cm³/mol. The number of hydrogen-bond donors (Lipinski definition) is 0. The molecule has 1 aliphatic heterocycles. The van der Waals surface area contributed by atoms with Gasteiger partial charge in [0.15, 0.2) is 6.30 Å². The SMILES string of the molecule is CC(C)(C)OC(=O)N1CCC(c2ccncc2)CC1F. The Bertz CT molecular complexity index is 459. The van der Waals surface area contributed by atoms with E-state index >= 15 is 0 Å². The molecule has 5 heteroatoms. The zero-order valence-electron chi connectivity index (χ0n) is 12.2. The molecule has 1 aliphatic rings. The fourth-order valence-electron chi connectivity index (χ4n) is 2.38. The summed E-state index contributed by atoms with van der Waals surface area (Å²) < 4.78 is 19.4. The largest absolute Gasteiger partial charge is 0.444 e. The van der Waals surface area contributed by atoms with E-state index in [9.17, 15) is 9.18 Å². The highest BCUT2D eigenvalue weighted by molar-refractivity contribution is 5.68. The molecule has 1 amide bonds. The number of ether oxygens (including phenoxy) is 1. The Morgan fingerprint density at radius 3 is 2.60 bits per heavy atom. The zero-order valence-corrected chi connectivity index (χ0v) is 12.2. The van der Waals surface area contributed by atoms with Crippen molar-refractivity contribution in [1.82, 2.24) is 9.88 Å². The van der Waals surface area contributed by atoms with Crippen molar-refractivity contribution in [1.29, 1.82) is 0 Å². The number of likely N-dealkylation sites (tertiary alicyclic amines) is 1. The minimum atomic E-state index is -1.29. The van der Waals surface area contributed by atoms with Gasteiger partial charge < -0.3 is 4.74 Å². The number of nitrogens with zero attached hydrogens (tertiary/aromatic N) is 2. The first-order valence-electron chi connectivity index (χ1n) is 6.90. The lowest BCUT2D eigenvalue weighted by molar-refractivity contribution is -0.0170. The first-order chi connectivity index (χ1) is 9.37. The molecule has 0 N–H and O–H groups in total. The van der Waals surface area contributed by atoms with Crippen molar-refractivity contribution in [2.24, 2.45) is 0 Å². The molecule has 2 atom stereocenters. The van der Waals surface area contributed by atoms with Crippen LogP contribution in [0.15, 0.2) is 24.5 Å². The lowest BCUT2D eigenvalue weighted by atomic mass is 9.89. The van der Waals surface area contributed by atoms with Crippen LogP contribution in [0.5, 0.6) is 0 Å². The van der Waals surface area contributed by atoms with Crippen molar-refractivity contribution in [2.45, 2.75) is 51.4 Å². The molecule has 2 rings (SSSR count). The van der Waals surface area contributed by atoms with Gasteiger partial charge in [-0.1, -0.05) is 0 Å². The summed E-state index contributed by atoms with van der Waals surface area (Å²) in [4.78, 5) is 17.1. The summed E-state index contributed by atoms with van der Waals surface area (Å²) in [6.07, 6.45) is 2.60. The van der Waals surface area contributed by atoms with Crippen LogP contribution in [0, 0.1) is 0 Å². The molecular weight excluding hydrogens is 259 g/mol. The van der Waals surface area contributed by atoms with E-state index in [0.717, 1.165) is 12.0 Å². The number of rotatable bonds is 1. The number of alkyl halides is 1. The average Bonchev–Trinajstić information content (AvgIpc) is 2.37. The monoisotopic (exact) mass is 280 g/mol. The highest BCUT2D eigenvalue weighted by atomic mass is 19.1. The molecule has 2 heterocycles. The molecule has 1 saturated heterocycles. The van der Waals surface area contributed by atoms with E-state index in [1.165, 1.54) is 4.90 Å². The molecule has 0 aromatic carbocycles. The van der Waals surface area contributed by atoms with Crippen molar-refractivity contribution in [3.8, 4) is 0 Å². The van der Waals surface area contributed by atoms with Gasteiger partial charge in [-0.05, 0) is 50.8 Å². The van der Waals surface area contributed by atoms with Crippen LogP contribution in [0.4, 0.5) is 9.18 Å². The van der Waals surface area contributed by atoms with E-state index in [0.29, 0.717) is 13.0 Å². The normalized spacial score (nSPS) is 23.5. The Balaban J connectivity index is 1.98. The van der Waals surface area contributed by atoms with Crippen LogP contribution in [0.25, 0.3) is 0 Å². The van der Waals surface area contributed by atoms with E-state index in [4.69, 9.17) is 4.74 Å². The van der Waals surface area contributed by atoms with Gasteiger partial charge in [0.25, 0.3) is 0 Å². The highest BCUT2D eigenvalue weighted by Gasteiger charge is 2.34. The average molecular weight is 280 g/mol. The van der Waals surface area contributed by atoms with Gasteiger partial charge in [0.2, 0.25) is 0 Å². The summed E-state index contributed by atoms with van der Waals surface area (Å²) in [7, 11) is 0. The molecule has 0 radical (unpaired) electrons. The third-order valence-corrected chi connectivity index (χ3v) is 3.34. The Morgan fingerprint density at radius 1 is 1.40 bits per heavy atom. The Labute approximate surface area is 118 Å². The second kappa shape index (κ2) is 5.77. The molecule has 0 bridgehead atoms. The molecule has 1 aromatic rings. The van der Waals surface area contributed by atoms with E-state index in [1.807, 2.05) is 12.1 Å². The van der Waals surface area contributed by atoms with Gasteiger partial charge in [0.1, 0.15) is 5.60 Å². The fraction of sp³-hybridized carbons (Fsp3) is 0.600. The number of carbonyl (C=O) groups is 1. The predicted octanol–water partition coefficient (Wildman–Crippen LogP) is 3.49. The van der Waals surface area contributed by atoms with Crippen LogP contribution in [0.1, 0.15) is 45.1 Å². The molecule has 0 spiro atoms. The summed E-state index contributed by atoms with van der Waals surface area (Å²) in [5.74, 6) is 0.131. The number of carbonyl (C=O) groups excluding carboxylic acids is 1.